The predicted octanol–water partition coefficient (Wildman–Crippen LogP) is -2.05. The molecule has 0 saturated heterocycles. The van der Waals surface area contributed by atoms with Crippen LogP contribution >= 0.6 is 0 Å². The zero-order chi connectivity index (χ0) is 12.1. The maximum absolute atomic E-state index is 11.3. The van der Waals surface area contributed by atoms with Crippen molar-refractivity contribution in [3.05, 3.63) is 5.82 Å². The van der Waals surface area contributed by atoms with E-state index < -0.39 is 18.0 Å². The molecule has 0 aliphatic heterocycles. The first-order valence-electron chi connectivity index (χ1n) is 4.37. The smallest absolute Gasteiger partial charge is 0.332 e. The summed E-state index contributed by atoms with van der Waals surface area (Å²) in [7, 11) is 0. The molecule has 1 unspecified atom stereocenters. The molecular weight excluding hydrogens is 218 g/mol. The summed E-state index contributed by atoms with van der Waals surface area (Å²) < 4.78 is 0. The first-order chi connectivity index (χ1) is 7.50. The van der Waals surface area contributed by atoms with E-state index in [2.05, 4.69) is 20.5 Å². The molecule has 0 bridgehead atoms. The molecule has 6 N–H and O–H groups in total. The molecule has 0 fully saturated rings. The van der Waals surface area contributed by atoms with Crippen LogP contribution in [0.1, 0.15) is 17.0 Å². The van der Waals surface area contributed by atoms with Crippen molar-refractivity contribution in [2.24, 2.45) is 0 Å². The first-order valence-corrected chi connectivity index (χ1v) is 4.37. The van der Waals surface area contributed by atoms with Gasteiger partial charge in [-0.2, -0.15) is 4.98 Å². The van der Waals surface area contributed by atoms with Crippen LogP contribution in [0.3, 0.4) is 0 Å². The third-order valence-electron chi connectivity index (χ3n) is 1.71. The van der Waals surface area contributed by atoms with E-state index in [4.69, 9.17) is 15.9 Å². The number of aromatic amines is 1. The van der Waals surface area contributed by atoms with Gasteiger partial charge in [0.2, 0.25) is 11.8 Å². The number of hydrogen-bond acceptors (Lipinski definition) is 6. The van der Waals surface area contributed by atoms with E-state index in [0.29, 0.717) is 0 Å². The molecule has 0 aromatic carbocycles. The number of aliphatic carboxylic acids is 1. The minimum Gasteiger partial charge on any atom is -0.479 e. The molecule has 0 aliphatic rings. The maximum atomic E-state index is 11.3. The Morgan fingerprint density at radius 3 is 2.75 bits per heavy atom. The van der Waals surface area contributed by atoms with Gasteiger partial charge in [0, 0.05) is 13.0 Å². The Morgan fingerprint density at radius 1 is 1.56 bits per heavy atom. The van der Waals surface area contributed by atoms with Crippen LogP contribution in [-0.4, -0.2) is 49.9 Å². The summed E-state index contributed by atoms with van der Waals surface area (Å²) in [5.74, 6) is -2.03. The van der Waals surface area contributed by atoms with Crippen molar-refractivity contribution in [3.63, 3.8) is 0 Å². The second-order valence-electron chi connectivity index (χ2n) is 2.94. The molecule has 16 heavy (non-hydrogen) atoms. The standard InChI is InChI=1S/C7H11N5O4/c8-7-10-4(11-12-7)5(14)9-2-1-3(13)6(15)16/h3,13H,1-2H2,(H,9,14)(H,15,16)(H3,8,10,11,12). The molecule has 1 aromatic heterocycles. The number of carbonyl (C=O) groups excluding carboxylic acids is 1. The Labute approximate surface area is 89.7 Å². The number of aliphatic hydroxyl groups excluding tert-OH is 1. The van der Waals surface area contributed by atoms with Gasteiger partial charge < -0.3 is 21.3 Å². The molecule has 9 nitrogen and oxygen atoms in total. The second-order valence-corrected chi connectivity index (χ2v) is 2.94. The largest absolute Gasteiger partial charge is 0.479 e. The van der Waals surface area contributed by atoms with Gasteiger partial charge in [-0.05, 0) is 0 Å². The van der Waals surface area contributed by atoms with Crippen molar-refractivity contribution in [2.45, 2.75) is 12.5 Å². The summed E-state index contributed by atoms with van der Waals surface area (Å²) in [6.45, 7) is 0.00685. The number of anilines is 1. The Hall–Kier alpha value is -2.16. The Balaban J connectivity index is 2.34. The maximum Gasteiger partial charge on any atom is 0.332 e. The summed E-state index contributed by atoms with van der Waals surface area (Å²) in [5.41, 5.74) is 5.18. The van der Waals surface area contributed by atoms with Crippen molar-refractivity contribution in [1.29, 1.82) is 0 Å². The molecule has 1 atom stereocenters. The Morgan fingerprint density at radius 2 is 2.25 bits per heavy atom. The number of amides is 1. The fourth-order valence-corrected chi connectivity index (χ4v) is 0.906. The summed E-state index contributed by atoms with van der Waals surface area (Å²) >= 11 is 0. The Bertz CT molecular complexity index is 390. The molecular formula is C7H11N5O4. The highest BCUT2D eigenvalue weighted by molar-refractivity contribution is 5.90. The fraction of sp³-hybridized carbons (Fsp3) is 0.429. The lowest BCUT2D eigenvalue weighted by molar-refractivity contribution is -0.146. The lowest BCUT2D eigenvalue weighted by Gasteiger charge is -2.05. The van der Waals surface area contributed by atoms with E-state index in [1.807, 2.05) is 0 Å². The quantitative estimate of drug-likeness (QED) is 0.389. The van der Waals surface area contributed by atoms with Crippen LogP contribution in [-0.2, 0) is 4.79 Å². The van der Waals surface area contributed by atoms with Crippen LogP contribution in [0.15, 0.2) is 0 Å². The average molecular weight is 229 g/mol. The summed E-state index contributed by atoms with van der Waals surface area (Å²) in [6.07, 6.45) is -1.59. The van der Waals surface area contributed by atoms with Crippen molar-refractivity contribution in [2.75, 3.05) is 12.3 Å². The number of nitrogen functional groups attached to an aromatic ring is 1. The minimum absolute atomic E-state index is 0.00685. The normalized spacial score (nSPS) is 12.1. The van der Waals surface area contributed by atoms with Gasteiger partial charge in [0.25, 0.3) is 5.91 Å². The number of aromatic nitrogens is 3. The topological polar surface area (TPSA) is 154 Å². The minimum atomic E-state index is -1.50. The molecule has 1 amide bonds. The number of nitrogens with two attached hydrogens (primary N) is 1. The molecule has 0 saturated carbocycles. The first kappa shape index (κ1) is 11.9. The number of hydrogen-bond donors (Lipinski definition) is 5. The molecule has 88 valence electrons. The van der Waals surface area contributed by atoms with Crippen molar-refractivity contribution in [3.8, 4) is 0 Å². The zero-order valence-electron chi connectivity index (χ0n) is 8.17. The zero-order valence-corrected chi connectivity index (χ0v) is 8.17. The van der Waals surface area contributed by atoms with Crippen LogP contribution in [0.5, 0.6) is 0 Å². The van der Waals surface area contributed by atoms with E-state index in [1.165, 1.54) is 0 Å². The second kappa shape index (κ2) is 5.07. The van der Waals surface area contributed by atoms with Crippen LogP contribution in [0.2, 0.25) is 0 Å². The monoisotopic (exact) mass is 229 g/mol. The van der Waals surface area contributed by atoms with E-state index in [0.717, 1.165) is 0 Å². The van der Waals surface area contributed by atoms with Gasteiger partial charge in [-0.3, -0.25) is 9.89 Å². The fourth-order valence-electron chi connectivity index (χ4n) is 0.906. The van der Waals surface area contributed by atoms with Crippen LogP contribution in [0, 0.1) is 0 Å². The van der Waals surface area contributed by atoms with Crippen LogP contribution < -0.4 is 11.1 Å². The molecule has 0 aliphatic carbocycles. The van der Waals surface area contributed by atoms with Gasteiger partial charge in [0.05, 0.1) is 0 Å². The van der Waals surface area contributed by atoms with Crippen molar-refractivity contribution < 1.29 is 19.8 Å². The van der Waals surface area contributed by atoms with Gasteiger partial charge in [0.15, 0.2) is 6.10 Å². The third-order valence-corrected chi connectivity index (χ3v) is 1.71. The highest BCUT2D eigenvalue weighted by Gasteiger charge is 2.14. The van der Waals surface area contributed by atoms with Crippen LogP contribution in [0.4, 0.5) is 5.95 Å². The van der Waals surface area contributed by atoms with Crippen molar-refractivity contribution in [1.82, 2.24) is 20.5 Å². The molecule has 1 aromatic rings. The number of rotatable bonds is 5. The van der Waals surface area contributed by atoms with E-state index >= 15 is 0 Å². The van der Waals surface area contributed by atoms with Gasteiger partial charge >= 0.3 is 5.97 Å². The molecule has 0 radical (unpaired) electrons. The predicted molar refractivity (Wildman–Crippen MR) is 51.4 cm³/mol. The highest BCUT2D eigenvalue weighted by atomic mass is 16.4. The van der Waals surface area contributed by atoms with Crippen LogP contribution in [0.25, 0.3) is 0 Å². The van der Waals surface area contributed by atoms with Gasteiger partial charge in [-0.15, -0.1) is 5.10 Å². The van der Waals surface area contributed by atoms with Gasteiger partial charge in [-0.1, -0.05) is 0 Å². The van der Waals surface area contributed by atoms with Gasteiger partial charge in [0.1, 0.15) is 0 Å². The number of H-pyrrole nitrogens is 1. The molecule has 1 heterocycles. The number of carboxylic acids is 1. The highest BCUT2D eigenvalue weighted by Crippen LogP contribution is 1.94. The lowest BCUT2D eigenvalue weighted by atomic mass is 10.2. The lowest BCUT2D eigenvalue weighted by Crippen LogP contribution is -2.30. The van der Waals surface area contributed by atoms with Gasteiger partial charge in [-0.25, -0.2) is 4.79 Å². The number of nitrogens with zero attached hydrogens (tertiary/aromatic N) is 2. The molecule has 1 rings (SSSR count). The number of carbonyl (C=O) groups is 2. The number of carboxylic acid groups (broad SMARTS) is 1. The van der Waals surface area contributed by atoms with Crippen molar-refractivity contribution >= 4 is 17.8 Å². The molecule has 9 heteroatoms. The number of nitrogens with one attached hydrogen (secondary N) is 2. The van der Waals surface area contributed by atoms with E-state index in [-0.39, 0.29) is 24.7 Å². The summed E-state index contributed by atoms with van der Waals surface area (Å²) in [4.78, 5) is 25.1. The van der Waals surface area contributed by atoms with E-state index in [1.54, 1.807) is 0 Å². The summed E-state index contributed by atoms with van der Waals surface area (Å²) in [5, 5.41) is 25.3. The third kappa shape index (κ3) is 3.20. The summed E-state index contributed by atoms with van der Waals surface area (Å²) in [6, 6.07) is 0. The Kier molecular flexibility index (Phi) is 3.78. The average Bonchev–Trinajstić information content (AvgIpc) is 2.64. The number of aliphatic hydroxyl groups is 1. The SMILES string of the molecule is Nc1n[nH]c(C(=O)NCCC(O)C(=O)O)n1. The van der Waals surface area contributed by atoms with E-state index in [9.17, 15) is 9.59 Å². The molecule has 0 spiro atoms.